The molecule has 9 heteroatoms. The first kappa shape index (κ1) is 20.8. The minimum Gasteiger partial charge on any atom is -0.449 e. The van der Waals surface area contributed by atoms with Crippen LogP contribution in [0.4, 0.5) is 15.8 Å². The van der Waals surface area contributed by atoms with E-state index >= 15 is 0 Å². The lowest BCUT2D eigenvalue weighted by Crippen LogP contribution is -2.35. The predicted octanol–water partition coefficient (Wildman–Crippen LogP) is 2.66. The van der Waals surface area contributed by atoms with Crippen molar-refractivity contribution in [2.75, 3.05) is 19.0 Å². The van der Waals surface area contributed by atoms with Crippen molar-refractivity contribution in [3.63, 3.8) is 0 Å². The lowest BCUT2D eigenvalue weighted by molar-refractivity contribution is -0.384. The van der Waals surface area contributed by atoms with Crippen LogP contribution in [0.15, 0.2) is 42.5 Å². The summed E-state index contributed by atoms with van der Waals surface area (Å²) >= 11 is 0. The normalized spacial score (nSPS) is 11.4. The van der Waals surface area contributed by atoms with Crippen molar-refractivity contribution < 1.29 is 23.6 Å². The van der Waals surface area contributed by atoms with E-state index in [0.29, 0.717) is 11.3 Å². The summed E-state index contributed by atoms with van der Waals surface area (Å²) in [5.74, 6) is -1.78. The number of nitro groups is 1. The maximum absolute atomic E-state index is 12.9. The molecule has 2 aromatic carbocycles. The van der Waals surface area contributed by atoms with Gasteiger partial charge >= 0.3 is 5.97 Å². The topological polar surface area (TPSA) is 102 Å². The molecule has 1 N–H and O–H groups in total. The molecule has 0 bridgehead atoms. The molecule has 148 valence electrons. The molecule has 0 saturated heterocycles. The number of anilines is 1. The first-order valence-corrected chi connectivity index (χ1v) is 8.38. The second-order valence-corrected chi connectivity index (χ2v) is 6.25. The van der Waals surface area contributed by atoms with Crippen LogP contribution in [-0.2, 0) is 16.1 Å². The van der Waals surface area contributed by atoms with Gasteiger partial charge in [0, 0.05) is 26.7 Å². The third kappa shape index (κ3) is 5.26. The van der Waals surface area contributed by atoms with E-state index in [0.717, 1.165) is 6.07 Å². The Morgan fingerprint density at radius 1 is 1.21 bits per heavy atom. The fraction of sp³-hybridized carbons (Fsp3) is 0.263. The van der Waals surface area contributed by atoms with Crippen LogP contribution in [0.3, 0.4) is 0 Å². The molecular weight excluding hydrogens is 369 g/mol. The number of ether oxygens (including phenoxy) is 1. The number of nitrogens with zero attached hydrogens (tertiary/aromatic N) is 2. The minimum atomic E-state index is -1.11. The van der Waals surface area contributed by atoms with Gasteiger partial charge in [0.15, 0.2) is 6.10 Å². The summed E-state index contributed by atoms with van der Waals surface area (Å²) in [6.45, 7) is 1.53. The fourth-order valence-corrected chi connectivity index (χ4v) is 2.39. The van der Waals surface area contributed by atoms with Gasteiger partial charge < -0.3 is 15.0 Å². The van der Waals surface area contributed by atoms with E-state index in [1.807, 2.05) is 0 Å². The van der Waals surface area contributed by atoms with Gasteiger partial charge in [-0.2, -0.15) is 0 Å². The SMILES string of the molecule is C[C@@H](OC(=O)c1ccc(N(C)C)c([N+](=O)[O-])c1)C(=O)NCc1ccc(F)cc1. The highest BCUT2D eigenvalue weighted by molar-refractivity contribution is 5.93. The number of nitro benzene ring substituents is 1. The van der Waals surface area contributed by atoms with Gasteiger partial charge in [-0.05, 0) is 36.8 Å². The summed E-state index contributed by atoms with van der Waals surface area (Å²) in [6, 6.07) is 9.54. The largest absolute Gasteiger partial charge is 0.449 e. The summed E-state index contributed by atoms with van der Waals surface area (Å²) in [7, 11) is 3.29. The van der Waals surface area contributed by atoms with Crippen LogP contribution in [0.1, 0.15) is 22.8 Å². The monoisotopic (exact) mass is 389 g/mol. The van der Waals surface area contributed by atoms with Crippen LogP contribution < -0.4 is 10.2 Å². The number of nitrogens with one attached hydrogen (secondary N) is 1. The maximum Gasteiger partial charge on any atom is 0.339 e. The van der Waals surface area contributed by atoms with Crippen molar-refractivity contribution in [1.82, 2.24) is 5.32 Å². The standard InChI is InChI=1S/C19H20FN3O5/c1-12(18(24)21-11-13-4-7-15(20)8-5-13)28-19(25)14-6-9-16(22(2)3)17(10-14)23(26)27/h4-10,12H,11H2,1-3H3,(H,21,24)/t12-/m1/s1. The van der Waals surface area contributed by atoms with E-state index < -0.39 is 22.9 Å². The molecule has 8 nitrogen and oxygen atoms in total. The highest BCUT2D eigenvalue weighted by Crippen LogP contribution is 2.28. The van der Waals surface area contributed by atoms with Gasteiger partial charge in [-0.15, -0.1) is 0 Å². The summed E-state index contributed by atoms with van der Waals surface area (Å²) in [4.78, 5) is 36.5. The number of hydrogen-bond donors (Lipinski definition) is 1. The van der Waals surface area contributed by atoms with E-state index in [2.05, 4.69) is 5.32 Å². The van der Waals surface area contributed by atoms with Crippen molar-refractivity contribution in [2.45, 2.75) is 19.6 Å². The Hall–Kier alpha value is -3.49. The van der Waals surface area contributed by atoms with E-state index in [4.69, 9.17) is 4.74 Å². The molecule has 0 heterocycles. The molecule has 2 rings (SSSR count). The molecule has 0 saturated carbocycles. The fourth-order valence-electron chi connectivity index (χ4n) is 2.39. The molecule has 0 radical (unpaired) electrons. The van der Waals surface area contributed by atoms with E-state index in [9.17, 15) is 24.1 Å². The van der Waals surface area contributed by atoms with Crippen molar-refractivity contribution in [2.24, 2.45) is 0 Å². The highest BCUT2D eigenvalue weighted by atomic mass is 19.1. The summed E-state index contributed by atoms with van der Waals surface area (Å²) in [6.07, 6.45) is -1.11. The number of rotatable bonds is 7. The van der Waals surface area contributed by atoms with Crippen molar-refractivity contribution in [3.8, 4) is 0 Å². The molecule has 0 aliphatic heterocycles. The molecule has 0 spiro atoms. The molecule has 1 amide bonds. The Kier molecular flexibility index (Phi) is 6.64. The van der Waals surface area contributed by atoms with Crippen LogP contribution in [0.2, 0.25) is 0 Å². The lowest BCUT2D eigenvalue weighted by atomic mass is 10.1. The van der Waals surface area contributed by atoms with Gasteiger partial charge in [0.2, 0.25) is 0 Å². The smallest absolute Gasteiger partial charge is 0.339 e. The Labute approximate surface area is 161 Å². The first-order valence-electron chi connectivity index (χ1n) is 8.38. The minimum absolute atomic E-state index is 0.0320. The average Bonchev–Trinajstić information content (AvgIpc) is 2.66. The Balaban J connectivity index is 2.01. The molecule has 0 unspecified atom stereocenters. The second kappa shape index (κ2) is 8.94. The number of halogens is 1. The van der Waals surface area contributed by atoms with Crippen molar-refractivity contribution >= 4 is 23.3 Å². The van der Waals surface area contributed by atoms with Crippen LogP contribution in [-0.4, -0.2) is 37.0 Å². The van der Waals surface area contributed by atoms with Crippen molar-refractivity contribution in [3.05, 3.63) is 69.5 Å². The quantitative estimate of drug-likeness (QED) is 0.444. The predicted molar refractivity (Wildman–Crippen MR) is 101 cm³/mol. The zero-order valence-electron chi connectivity index (χ0n) is 15.6. The van der Waals surface area contributed by atoms with Gasteiger partial charge in [-0.3, -0.25) is 14.9 Å². The summed E-state index contributed by atoms with van der Waals surface area (Å²) in [5.41, 5.74) is 0.748. The lowest BCUT2D eigenvalue weighted by Gasteiger charge is -2.15. The summed E-state index contributed by atoms with van der Waals surface area (Å²) in [5, 5.41) is 13.8. The number of hydrogen-bond acceptors (Lipinski definition) is 6. The number of esters is 1. The van der Waals surface area contributed by atoms with Gasteiger partial charge in [0.05, 0.1) is 10.5 Å². The zero-order valence-corrected chi connectivity index (χ0v) is 15.6. The van der Waals surface area contributed by atoms with E-state index in [-0.39, 0.29) is 23.6 Å². The van der Waals surface area contributed by atoms with E-state index in [1.54, 1.807) is 19.0 Å². The molecule has 2 aromatic rings. The van der Waals surface area contributed by atoms with Gasteiger partial charge in [-0.1, -0.05) is 12.1 Å². The highest BCUT2D eigenvalue weighted by Gasteiger charge is 2.23. The first-order chi connectivity index (χ1) is 13.2. The molecule has 0 aliphatic rings. The number of amides is 1. The Morgan fingerprint density at radius 2 is 1.86 bits per heavy atom. The number of carbonyl (C=O) groups is 2. The summed E-state index contributed by atoms with van der Waals surface area (Å²) < 4.78 is 18.0. The van der Waals surface area contributed by atoms with Crippen LogP contribution in [0, 0.1) is 15.9 Å². The van der Waals surface area contributed by atoms with Gasteiger partial charge in [0.25, 0.3) is 11.6 Å². The molecule has 1 atom stereocenters. The molecule has 0 fully saturated rings. The van der Waals surface area contributed by atoms with Gasteiger partial charge in [-0.25, -0.2) is 9.18 Å². The van der Waals surface area contributed by atoms with Crippen LogP contribution in [0.5, 0.6) is 0 Å². The maximum atomic E-state index is 12.9. The molecular formula is C19H20FN3O5. The molecule has 28 heavy (non-hydrogen) atoms. The number of carbonyl (C=O) groups excluding carboxylic acids is 2. The van der Waals surface area contributed by atoms with Gasteiger partial charge in [0.1, 0.15) is 11.5 Å². The number of benzene rings is 2. The van der Waals surface area contributed by atoms with Crippen LogP contribution >= 0.6 is 0 Å². The third-order valence-corrected chi connectivity index (χ3v) is 3.92. The van der Waals surface area contributed by atoms with Crippen LogP contribution in [0.25, 0.3) is 0 Å². The molecule has 0 aliphatic carbocycles. The zero-order chi connectivity index (χ0) is 20.8. The van der Waals surface area contributed by atoms with E-state index in [1.165, 1.54) is 43.3 Å². The third-order valence-electron chi connectivity index (χ3n) is 3.92. The Morgan fingerprint density at radius 3 is 2.43 bits per heavy atom. The Bertz CT molecular complexity index is 884. The molecule has 0 aromatic heterocycles. The van der Waals surface area contributed by atoms with Crippen molar-refractivity contribution in [1.29, 1.82) is 0 Å². The average molecular weight is 389 g/mol. The second-order valence-electron chi connectivity index (χ2n) is 6.25.